The number of ether oxygens (including phenoxy) is 1. The zero-order valence-corrected chi connectivity index (χ0v) is 18.4. The molecule has 1 unspecified atom stereocenters. The first-order valence-electron chi connectivity index (χ1n) is 10.1. The fourth-order valence-electron chi connectivity index (χ4n) is 3.68. The Morgan fingerprint density at radius 1 is 1.03 bits per heavy atom. The van der Waals surface area contributed by atoms with E-state index in [0.717, 1.165) is 11.1 Å². The van der Waals surface area contributed by atoms with Gasteiger partial charge in [-0.25, -0.2) is 9.59 Å². The van der Waals surface area contributed by atoms with Crippen LogP contribution in [-0.4, -0.2) is 73.0 Å². The molecular weight excluding hydrogens is 386 g/mol. The van der Waals surface area contributed by atoms with Gasteiger partial charge in [-0.05, 0) is 51.0 Å². The van der Waals surface area contributed by atoms with Crippen LogP contribution in [0.5, 0.6) is 5.75 Å². The fourth-order valence-corrected chi connectivity index (χ4v) is 3.68. The molecular formula is C22H29N3O5. The van der Waals surface area contributed by atoms with Crippen molar-refractivity contribution in [3.05, 3.63) is 39.2 Å². The van der Waals surface area contributed by atoms with Crippen LogP contribution in [0.4, 0.5) is 4.79 Å². The van der Waals surface area contributed by atoms with Crippen molar-refractivity contribution in [2.75, 3.05) is 40.3 Å². The molecule has 30 heavy (non-hydrogen) atoms. The summed E-state index contributed by atoms with van der Waals surface area (Å²) in [4.78, 5) is 42.1. The Labute approximate surface area is 176 Å². The summed E-state index contributed by atoms with van der Waals surface area (Å²) in [6.45, 7) is 9.09. The molecule has 3 rings (SSSR count). The molecule has 1 aromatic heterocycles. The van der Waals surface area contributed by atoms with E-state index in [0.29, 0.717) is 48.5 Å². The Bertz CT molecular complexity index is 1040. The molecule has 1 aliphatic rings. The number of benzene rings is 1. The van der Waals surface area contributed by atoms with Gasteiger partial charge in [0.2, 0.25) is 0 Å². The minimum atomic E-state index is -0.710. The zero-order chi connectivity index (χ0) is 22.2. The van der Waals surface area contributed by atoms with Crippen molar-refractivity contribution < 1.29 is 18.7 Å². The second kappa shape index (κ2) is 8.38. The van der Waals surface area contributed by atoms with Gasteiger partial charge in [0.25, 0.3) is 5.91 Å². The van der Waals surface area contributed by atoms with Gasteiger partial charge in [0.1, 0.15) is 11.3 Å². The van der Waals surface area contributed by atoms with E-state index in [2.05, 4.69) is 0 Å². The topological polar surface area (TPSA) is 83.3 Å². The monoisotopic (exact) mass is 415 g/mol. The highest BCUT2D eigenvalue weighted by Gasteiger charge is 2.29. The van der Waals surface area contributed by atoms with Crippen LogP contribution in [-0.2, 0) is 4.79 Å². The van der Waals surface area contributed by atoms with Crippen molar-refractivity contribution >= 4 is 22.9 Å². The number of aryl methyl sites for hydroxylation is 2. The van der Waals surface area contributed by atoms with E-state index < -0.39 is 6.10 Å². The van der Waals surface area contributed by atoms with Crippen molar-refractivity contribution in [1.82, 2.24) is 14.7 Å². The lowest BCUT2D eigenvalue weighted by Crippen LogP contribution is -2.54. The first-order chi connectivity index (χ1) is 14.1. The van der Waals surface area contributed by atoms with E-state index in [1.54, 1.807) is 43.8 Å². The lowest BCUT2D eigenvalue weighted by atomic mass is 10.0. The summed E-state index contributed by atoms with van der Waals surface area (Å²) in [6.07, 6.45) is -0.710. The molecule has 1 atom stereocenters. The lowest BCUT2D eigenvalue weighted by molar-refractivity contribution is -0.139. The number of nitrogens with zero attached hydrogens (tertiary/aromatic N) is 3. The quantitative estimate of drug-likeness (QED) is 0.719. The maximum absolute atomic E-state index is 13.0. The third kappa shape index (κ3) is 4.13. The average molecular weight is 415 g/mol. The standard InChI is InChI=1S/C22H29N3O5/c1-13-11-17(19-14(2)15(3)21(27)30-18(19)12-13)29-16(4)20(26)24-7-9-25(10-8-24)22(28)23(5)6/h11-12,16H,7-10H2,1-6H3. The molecule has 0 radical (unpaired) electrons. The molecule has 0 aliphatic carbocycles. The highest BCUT2D eigenvalue weighted by atomic mass is 16.5. The van der Waals surface area contributed by atoms with Gasteiger partial charge < -0.3 is 23.9 Å². The van der Waals surface area contributed by atoms with Crippen LogP contribution in [0.2, 0.25) is 0 Å². The molecule has 3 amide bonds. The molecule has 1 aliphatic heterocycles. The number of fused-ring (bicyclic) bond motifs is 1. The van der Waals surface area contributed by atoms with E-state index in [4.69, 9.17) is 9.15 Å². The van der Waals surface area contributed by atoms with Crippen molar-refractivity contribution in [2.24, 2.45) is 0 Å². The Balaban J connectivity index is 1.78. The Morgan fingerprint density at radius 2 is 1.63 bits per heavy atom. The minimum absolute atomic E-state index is 0.0510. The predicted molar refractivity (Wildman–Crippen MR) is 114 cm³/mol. The van der Waals surface area contributed by atoms with E-state index in [1.807, 2.05) is 19.9 Å². The third-order valence-corrected chi connectivity index (χ3v) is 5.55. The summed E-state index contributed by atoms with van der Waals surface area (Å²) >= 11 is 0. The number of carbonyl (C=O) groups excluding carboxylic acids is 2. The second-order valence-corrected chi connectivity index (χ2v) is 8.03. The SMILES string of the molecule is Cc1cc(OC(C)C(=O)N2CCN(C(=O)N(C)C)CC2)c2c(C)c(C)c(=O)oc2c1. The van der Waals surface area contributed by atoms with E-state index in [-0.39, 0.29) is 17.6 Å². The molecule has 0 saturated carbocycles. The minimum Gasteiger partial charge on any atom is -0.480 e. The number of urea groups is 1. The number of hydrogen-bond acceptors (Lipinski definition) is 5. The number of amides is 3. The number of rotatable bonds is 3. The summed E-state index contributed by atoms with van der Waals surface area (Å²) in [5.41, 5.74) is 2.27. The van der Waals surface area contributed by atoms with Gasteiger partial charge in [-0.3, -0.25) is 4.79 Å². The molecule has 0 bridgehead atoms. The van der Waals surface area contributed by atoms with Crippen LogP contribution in [0, 0.1) is 20.8 Å². The summed E-state index contributed by atoms with van der Waals surface area (Å²) < 4.78 is 11.5. The number of carbonyl (C=O) groups is 2. The van der Waals surface area contributed by atoms with Crippen LogP contribution in [0.3, 0.4) is 0 Å². The summed E-state index contributed by atoms with van der Waals surface area (Å²) in [7, 11) is 3.43. The van der Waals surface area contributed by atoms with Crippen LogP contribution in [0.25, 0.3) is 11.0 Å². The molecule has 0 N–H and O–H groups in total. The van der Waals surface area contributed by atoms with Crippen molar-refractivity contribution in [1.29, 1.82) is 0 Å². The van der Waals surface area contributed by atoms with Gasteiger partial charge in [0.05, 0.1) is 5.39 Å². The molecule has 1 aromatic carbocycles. The largest absolute Gasteiger partial charge is 0.480 e. The number of piperazine rings is 1. The summed E-state index contributed by atoms with van der Waals surface area (Å²) in [5.74, 6) is 0.394. The Morgan fingerprint density at radius 3 is 2.23 bits per heavy atom. The zero-order valence-electron chi connectivity index (χ0n) is 18.4. The maximum Gasteiger partial charge on any atom is 0.339 e. The molecule has 0 spiro atoms. The van der Waals surface area contributed by atoms with Crippen LogP contribution < -0.4 is 10.4 Å². The predicted octanol–water partition coefficient (Wildman–Crippen LogP) is 2.31. The third-order valence-electron chi connectivity index (χ3n) is 5.55. The Kier molecular flexibility index (Phi) is 6.05. The van der Waals surface area contributed by atoms with Crippen molar-refractivity contribution in [3.63, 3.8) is 0 Å². The molecule has 162 valence electrons. The van der Waals surface area contributed by atoms with Crippen LogP contribution in [0.1, 0.15) is 23.6 Å². The van der Waals surface area contributed by atoms with E-state index in [9.17, 15) is 14.4 Å². The highest BCUT2D eigenvalue weighted by molar-refractivity contribution is 5.89. The fraction of sp³-hybridized carbons (Fsp3) is 0.500. The van der Waals surface area contributed by atoms with Gasteiger partial charge in [-0.2, -0.15) is 0 Å². The molecule has 2 heterocycles. The Hall–Kier alpha value is -3.03. The smallest absolute Gasteiger partial charge is 0.339 e. The summed E-state index contributed by atoms with van der Waals surface area (Å²) in [5, 5.41) is 0.707. The highest BCUT2D eigenvalue weighted by Crippen LogP contribution is 2.31. The first kappa shape index (κ1) is 21.7. The molecule has 8 heteroatoms. The first-order valence-corrected chi connectivity index (χ1v) is 10.1. The van der Waals surface area contributed by atoms with Gasteiger partial charge in [0.15, 0.2) is 6.10 Å². The molecule has 8 nitrogen and oxygen atoms in total. The lowest BCUT2D eigenvalue weighted by Gasteiger charge is -2.36. The van der Waals surface area contributed by atoms with Gasteiger partial charge in [0, 0.05) is 45.8 Å². The van der Waals surface area contributed by atoms with E-state index in [1.165, 1.54) is 4.90 Å². The van der Waals surface area contributed by atoms with Crippen LogP contribution >= 0.6 is 0 Å². The van der Waals surface area contributed by atoms with Crippen molar-refractivity contribution in [2.45, 2.75) is 33.8 Å². The molecule has 2 aromatic rings. The molecule has 1 fully saturated rings. The normalized spacial score (nSPS) is 15.3. The van der Waals surface area contributed by atoms with Crippen molar-refractivity contribution in [3.8, 4) is 5.75 Å². The van der Waals surface area contributed by atoms with Gasteiger partial charge >= 0.3 is 11.7 Å². The second-order valence-electron chi connectivity index (χ2n) is 8.03. The van der Waals surface area contributed by atoms with Gasteiger partial charge in [-0.15, -0.1) is 0 Å². The van der Waals surface area contributed by atoms with Crippen LogP contribution in [0.15, 0.2) is 21.3 Å². The molecule has 1 saturated heterocycles. The van der Waals surface area contributed by atoms with E-state index >= 15 is 0 Å². The van der Waals surface area contributed by atoms with Gasteiger partial charge in [-0.1, -0.05) is 0 Å². The summed E-state index contributed by atoms with van der Waals surface area (Å²) in [6, 6.07) is 3.60. The maximum atomic E-state index is 13.0. The average Bonchev–Trinajstić information content (AvgIpc) is 2.70. The number of hydrogen-bond donors (Lipinski definition) is 0.